The Balaban J connectivity index is 2.13. The van der Waals surface area contributed by atoms with Crippen LogP contribution in [0.15, 0.2) is 53.4 Å². The van der Waals surface area contributed by atoms with E-state index in [1.54, 1.807) is 19.1 Å². The van der Waals surface area contributed by atoms with Gasteiger partial charge in [0.2, 0.25) is 10.0 Å². The number of rotatable bonds is 6. The molecular weight excluding hydrogens is 305 g/mol. The number of hydrogen-bond donors (Lipinski definition) is 1. The fourth-order valence-electron chi connectivity index (χ4n) is 2.00. The van der Waals surface area contributed by atoms with Crippen LogP contribution in [-0.4, -0.2) is 15.0 Å². The standard InChI is InChI=1S/C16H18FNO3S/c1-3-21-15-8-4-13(5-9-15)12(2)18-22(19,20)16-10-6-14(17)7-11-16/h4-12,18H,3H2,1-2H3. The molecule has 0 aliphatic rings. The second kappa shape index (κ2) is 6.89. The van der Waals surface area contributed by atoms with Gasteiger partial charge in [0.25, 0.3) is 0 Å². The number of nitrogens with one attached hydrogen (secondary N) is 1. The highest BCUT2D eigenvalue weighted by Crippen LogP contribution is 2.20. The molecule has 0 aliphatic carbocycles. The summed E-state index contributed by atoms with van der Waals surface area (Å²) in [7, 11) is -3.69. The second-order valence-corrected chi connectivity index (χ2v) is 6.51. The van der Waals surface area contributed by atoms with Crippen LogP contribution >= 0.6 is 0 Å². The molecule has 0 aliphatic heterocycles. The van der Waals surface area contributed by atoms with Crippen molar-refractivity contribution in [2.24, 2.45) is 0 Å². The van der Waals surface area contributed by atoms with Crippen LogP contribution in [-0.2, 0) is 10.0 Å². The summed E-state index contributed by atoms with van der Waals surface area (Å²) >= 11 is 0. The molecule has 0 aromatic heterocycles. The summed E-state index contributed by atoms with van der Waals surface area (Å²) in [4.78, 5) is 0.0340. The lowest BCUT2D eigenvalue weighted by Gasteiger charge is -2.15. The first-order chi connectivity index (χ1) is 10.4. The van der Waals surface area contributed by atoms with E-state index in [0.29, 0.717) is 6.61 Å². The van der Waals surface area contributed by atoms with E-state index in [0.717, 1.165) is 23.4 Å². The largest absolute Gasteiger partial charge is 0.494 e. The molecule has 1 atom stereocenters. The Hall–Kier alpha value is -1.92. The number of ether oxygens (including phenoxy) is 1. The van der Waals surface area contributed by atoms with E-state index in [1.165, 1.54) is 12.1 Å². The van der Waals surface area contributed by atoms with Crippen LogP contribution in [0.25, 0.3) is 0 Å². The predicted molar refractivity (Wildman–Crippen MR) is 82.7 cm³/mol. The third-order valence-electron chi connectivity index (χ3n) is 3.15. The molecule has 0 fully saturated rings. The van der Waals surface area contributed by atoms with Crippen molar-refractivity contribution in [1.82, 2.24) is 4.72 Å². The summed E-state index contributed by atoms with van der Waals surface area (Å²) < 4.78 is 45.3. The van der Waals surface area contributed by atoms with Gasteiger partial charge in [0, 0.05) is 6.04 Å². The Bertz CT molecular complexity index is 712. The summed E-state index contributed by atoms with van der Waals surface area (Å²) in [5, 5.41) is 0. The highest BCUT2D eigenvalue weighted by atomic mass is 32.2. The van der Waals surface area contributed by atoms with E-state index in [-0.39, 0.29) is 4.90 Å². The molecule has 0 amide bonds. The van der Waals surface area contributed by atoms with E-state index < -0.39 is 21.9 Å². The second-order valence-electron chi connectivity index (χ2n) is 4.80. The lowest BCUT2D eigenvalue weighted by atomic mass is 10.1. The van der Waals surface area contributed by atoms with Crippen molar-refractivity contribution in [1.29, 1.82) is 0 Å². The highest BCUT2D eigenvalue weighted by Gasteiger charge is 2.18. The van der Waals surface area contributed by atoms with E-state index >= 15 is 0 Å². The van der Waals surface area contributed by atoms with Gasteiger partial charge in [-0.05, 0) is 55.8 Å². The van der Waals surface area contributed by atoms with Crippen molar-refractivity contribution in [2.75, 3.05) is 6.61 Å². The number of sulfonamides is 1. The van der Waals surface area contributed by atoms with Crippen LogP contribution in [0, 0.1) is 5.82 Å². The van der Waals surface area contributed by atoms with E-state index in [4.69, 9.17) is 4.74 Å². The molecule has 0 spiro atoms. The molecule has 1 unspecified atom stereocenters. The molecule has 2 rings (SSSR count). The van der Waals surface area contributed by atoms with Crippen LogP contribution in [0.4, 0.5) is 4.39 Å². The Kier molecular flexibility index (Phi) is 5.15. The van der Waals surface area contributed by atoms with Crippen LogP contribution < -0.4 is 9.46 Å². The van der Waals surface area contributed by atoms with E-state index in [9.17, 15) is 12.8 Å². The molecule has 0 radical (unpaired) electrons. The molecule has 0 bridgehead atoms. The number of halogens is 1. The molecule has 1 N–H and O–H groups in total. The minimum absolute atomic E-state index is 0.0340. The van der Waals surface area contributed by atoms with Gasteiger partial charge < -0.3 is 4.74 Å². The van der Waals surface area contributed by atoms with Gasteiger partial charge in [-0.25, -0.2) is 17.5 Å². The summed E-state index contributed by atoms with van der Waals surface area (Å²) in [5.74, 6) is 0.262. The van der Waals surface area contributed by atoms with Gasteiger partial charge in [-0.2, -0.15) is 0 Å². The van der Waals surface area contributed by atoms with Crippen molar-refractivity contribution in [3.05, 3.63) is 59.9 Å². The van der Waals surface area contributed by atoms with Crippen molar-refractivity contribution >= 4 is 10.0 Å². The maximum atomic E-state index is 12.9. The van der Waals surface area contributed by atoms with Crippen molar-refractivity contribution in [3.8, 4) is 5.75 Å². The molecule has 118 valence electrons. The van der Waals surface area contributed by atoms with Gasteiger partial charge >= 0.3 is 0 Å². The van der Waals surface area contributed by atoms with Crippen molar-refractivity contribution < 1.29 is 17.5 Å². The summed E-state index contributed by atoms with van der Waals surface area (Å²) in [5.41, 5.74) is 0.814. The van der Waals surface area contributed by atoms with E-state index in [2.05, 4.69) is 4.72 Å². The zero-order chi connectivity index (χ0) is 16.2. The first-order valence-electron chi connectivity index (χ1n) is 6.93. The maximum absolute atomic E-state index is 12.9. The summed E-state index contributed by atoms with van der Waals surface area (Å²) in [6.07, 6.45) is 0. The highest BCUT2D eigenvalue weighted by molar-refractivity contribution is 7.89. The van der Waals surface area contributed by atoms with Crippen LogP contribution in [0.2, 0.25) is 0 Å². The summed E-state index contributed by atoms with van der Waals surface area (Å²) in [6.45, 7) is 4.22. The van der Waals surface area contributed by atoms with Crippen molar-refractivity contribution in [2.45, 2.75) is 24.8 Å². The molecule has 2 aromatic rings. The number of benzene rings is 2. The molecule has 2 aromatic carbocycles. The third-order valence-corrected chi connectivity index (χ3v) is 4.70. The average Bonchev–Trinajstić information content (AvgIpc) is 2.48. The maximum Gasteiger partial charge on any atom is 0.241 e. The fourth-order valence-corrected chi connectivity index (χ4v) is 3.23. The summed E-state index contributed by atoms with van der Waals surface area (Å²) in [6, 6.07) is 11.5. The quantitative estimate of drug-likeness (QED) is 0.888. The fraction of sp³-hybridized carbons (Fsp3) is 0.250. The first kappa shape index (κ1) is 16.5. The predicted octanol–water partition coefficient (Wildman–Crippen LogP) is 3.26. The number of hydrogen-bond acceptors (Lipinski definition) is 3. The molecule has 0 heterocycles. The third kappa shape index (κ3) is 4.05. The molecule has 0 saturated heterocycles. The SMILES string of the molecule is CCOc1ccc(C(C)NS(=O)(=O)c2ccc(F)cc2)cc1. The lowest BCUT2D eigenvalue weighted by molar-refractivity contribution is 0.340. The van der Waals surface area contributed by atoms with Gasteiger partial charge in [0.15, 0.2) is 0 Å². The Labute approximate surface area is 130 Å². The molecule has 22 heavy (non-hydrogen) atoms. The van der Waals surface area contributed by atoms with Crippen LogP contribution in [0.5, 0.6) is 5.75 Å². The Morgan fingerprint density at radius 1 is 1.09 bits per heavy atom. The molecule has 4 nitrogen and oxygen atoms in total. The zero-order valence-electron chi connectivity index (χ0n) is 12.4. The van der Waals surface area contributed by atoms with Crippen LogP contribution in [0.3, 0.4) is 0 Å². The van der Waals surface area contributed by atoms with Crippen molar-refractivity contribution in [3.63, 3.8) is 0 Å². The van der Waals surface area contributed by atoms with Gasteiger partial charge in [-0.1, -0.05) is 12.1 Å². The minimum Gasteiger partial charge on any atom is -0.494 e. The first-order valence-corrected chi connectivity index (χ1v) is 8.41. The van der Waals surface area contributed by atoms with E-state index in [1.807, 2.05) is 19.1 Å². The molecular formula is C16H18FNO3S. The smallest absolute Gasteiger partial charge is 0.241 e. The molecule has 0 saturated carbocycles. The van der Waals surface area contributed by atoms with Gasteiger partial charge in [0.1, 0.15) is 11.6 Å². The normalized spacial score (nSPS) is 12.9. The van der Waals surface area contributed by atoms with Gasteiger partial charge in [0.05, 0.1) is 11.5 Å². The topological polar surface area (TPSA) is 55.4 Å². The Morgan fingerprint density at radius 3 is 2.23 bits per heavy atom. The zero-order valence-corrected chi connectivity index (χ0v) is 13.2. The molecule has 6 heteroatoms. The van der Waals surface area contributed by atoms with Gasteiger partial charge in [-0.3, -0.25) is 0 Å². The van der Waals surface area contributed by atoms with Gasteiger partial charge in [-0.15, -0.1) is 0 Å². The van der Waals surface area contributed by atoms with Crippen LogP contribution in [0.1, 0.15) is 25.5 Å². The minimum atomic E-state index is -3.69. The lowest BCUT2D eigenvalue weighted by Crippen LogP contribution is -2.26. The monoisotopic (exact) mass is 323 g/mol. The average molecular weight is 323 g/mol. The Morgan fingerprint density at radius 2 is 1.68 bits per heavy atom.